The molecule has 0 bridgehead atoms. The lowest BCUT2D eigenvalue weighted by Gasteiger charge is -2.14. The molecule has 0 spiro atoms. The number of carbonyl (C=O) groups is 1. The molecule has 0 saturated carbocycles. The van der Waals surface area contributed by atoms with Crippen LogP contribution < -0.4 is 0 Å². The van der Waals surface area contributed by atoms with Crippen molar-refractivity contribution in [2.24, 2.45) is 0 Å². The fourth-order valence-electron chi connectivity index (χ4n) is 2.99. The molecule has 3 rings (SSSR count). The van der Waals surface area contributed by atoms with Gasteiger partial charge >= 0.3 is 5.97 Å². The van der Waals surface area contributed by atoms with Gasteiger partial charge in [-0.3, -0.25) is 4.79 Å². The van der Waals surface area contributed by atoms with E-state index in [1.54, 1.807) is 12.1 Å². The van der Waals surface area contributed by atoms with E-state index in [1.165, 1.54) is 17.7 Å². The molecule has 0 aliphatic rings. The minimum atomic E-state index is -0.806. The van der Waals surface area contributed by atoms with E-state index >= 15 is 0 Å². The van der Waals surface area contributed by atoms with Gasteiger partial charge in [0, 0.05) is 17.9 Å². The molecule has 0 fully saturated rings. The van der Waals surface area contributed by atoms with Crippen molar-refractivity contribution in [1.82, 2.24) is 4.57 Å². The van der Waals surface area contributed by atoms with E-state index in [0.717, 1.165) is 29.9 Å². The van der Waals surface area contributed by atoms with Crippen LogP contribution in [-0.2, 0) is 24.2 Å². The van der Waals surface area contributed by atoms with Gasteiger partial charge in [0.25, 0.3) is 0 Å². The second kappa shape index (κ2) is 7.79. The average Bonchev–Trinajstić information content (AvgIpc) is 3.02. The summed E-state index contributed by atoms with van der Waals surface area (Å²) in [4.78, 5) is 10.9. The summed E-state index contributed by atoms with van der Waals surface area (Å²) < 4.78 is 15.4. The zero-order chi connectivity index (χ0) is 17.6. The van der Waals surface area contributed by atoms with Gasteiger partial charge in [-0.15, -0.1) is 0 Å². The number of benzene rings is 2. The Bertz CT molecular complexity index is 838. The van der Waals surface area contributed by atoms with Gasteiger partial charge in [0.2, 0.25) is 0 Å². The molecule has 4 heteroatoms. The molecule has 25 heavy (non-hydrogen) atoms. The lowest BCUT2D eigenvalue weighted by Crippen LogP contribution is -2.09. The molecule has 3 nitrogen and oxygen atoms in total. The lowest BCUT2D eigenvalue weighted by atomic mass is 10.1. The fraction of sp³-hybridized carbons (Fsp3) is 0.190. The maximum Gasteiger partial charge on any atom is 0.303 e. The van der Waals surface area contributed by atoms with Gasteiger partial charge in [0.15, 0.2) is 0 Å². The third kappa shape index (κ3) is 4.35. The highest BCUT2D eigenvalue weighted by atomic mass is 19.1. The molecule has 2 aromatic carbocycles. The van der Waals surface area contributed by atoms with Crippen molar-refractivity contribution in [3.63, 3.8) is 0 Å². The van der Waals surface area contributed by atoms with Crippen molar-refractivity contribution < 1.29 is 14.3 Å². The fourth-order valence-corrected chi connectivity index (χ4v) is 2.99. The van der Waals surface area contributed by atoms with Crippen LogP contribution in [0, 0.1) is 5.82 Å². The van der Waals surface area contributed by atoms with E-state index in [0.29, 0.717) is 6.42 Å². The number of rotatable bonds is 7. The molecule has 0 aliphatic carbocycles. The van der Waals surface area contributed by atoms with Crippen LogP contribution in [0.2, 0.25) is 0 Å². The lowest BCUT2D eigenvalue weighted by molar-refractivity contribution is -0.136. The van der Waals surface area contributed by atoms with E-state index < -0.39 is 5.97 Å². The molecule has 3 aromatic rings. The summed E-state index contributed by atoms with van der Waals surface area (Å²) in [7, 11) is 0. The Kier molecular flexibility index (Phi) is 5.29. The summed E-state index contributed by atoms with van der Waals surface area (Å²) in [5.41, 5.74) is 4.12. The number of carboxylic acids is 1. The number of hydrogen-bond donors (Lipinski definition) is 1. The average molecular weight is 337 g/mol. The van der Waals surface area contributed by atoms with Gasteiger partial charge < -0.3 is 9.67 Å². The molecule has 0 saturated heterocycles. The summed E-state index contributed by atoms with van der Waals surface area (Å²) in [6.45, 7) is 0.749. The van der Waals surface area contributed by atoms with Crippen molar-refractivity contribution in [2.45, 2.75) is 25.8 Å². The Morgan fingerprint density at radius 2 is 1.64 bits per heavy atom. The number of aromatic nitrogens is 1. The first kappa shape index (κ1) is 17.0. The van der Waals surface area contributed by atoms with E-state index in [2.05, 4.69) is 16.7 Å². The molecule has 0 aliphatic heterocycles. The Hall–Kier alpha value is -2.88. The van der Waals surface area contributed by atoms with Crippen LogP contribution in [0.1, 0.15) is 17.7 Å². The molecular formula is C21H20FNO2. The number of halogens is 1. The largest absolute Gasteiger partial charge is 0.481 e. The Balaban J connectivity index is 1.88. The van der Waals surface area contributed by atoms with Gasteiger partial charge in [-0.25, -0.2) is 4.39 Å². The second-order valence-electron chi connectivity index (χ2n) is 6.00. The minimum absolute atomic E-state index is 0.0954. The van der Waals surface area contributed by atoms with E-state index in [1.807, 2.05) is 30.3 Å². The quantitative estimate of drug-likeness (QED) is 0.687. The molecule has 1 aromatic heterocycles. The van der Waals surface area contributed by atoms with Gasteiger partial charge in [0.05, 0.1) is 6.42 Å². The second-order valence-corrected chi connectivity index (χ2v) is 6.00. The van der Waals surface area contributed by atoms with Gasteiger partial charge in [0.1, 0.15) is 5.82 Å². The Morgan fingerprint density at radius 3 is 2.32 bits per heavy atom. The van der Waals surface area contributed by atoms with Crippen LogP contribution in [0.3, 0.4) is 0 Å². The minimum Gasteiger partial charge on any atom is -0.481 e. The predicted octanol–water partition coefficient (Wildman–Crippen LogP) is 4.55. The molecule has 1 N–H and O–H groups in total. The predicted molar refractivity (Wildman–Crippen MR) is 95.9 cm³/mol. The number of aliphatic carboxylic acids is 1. The molecule has 0 amide bonds. The summed E-state index contributed by atoms with van der Waals surface area (Å²) >= 11 is 0. The van der Waals surface area contributed by atoms with Crippen LogP contribution in [0.15, 0.2) is 66.7 Å². The third-order valence-corrected chi connectivity index (χ3v) is 4.27. The van der Waals surface area contributed by atoms with Crippen LogP contribution in [0.25, 0.3) is 11.3 Å². The van der Waals surface area contributed by atoms with Crippen LogP contribution in [-0.4, -0.2) is 15.6 Å². The van der Waals surface area contributed by atoms with E-state index in [9.17, 15) is 9.18 Å². The molecule has 128 valence electrons. The number of aryl methyl sites for hydroxylation is 2. The van der Waals surface area contributed by atoms with Crippen LogP contribution in [0.4, 0.5) is 4.39 Å². The maximum atomic E-state index is 13.2. The normalized spacial score (nSPS) is 10.8. The third-order valence-electron chi connectivity index (χ3n) is 4.27. The highest BCUT2D eigenvalue weighted by Crippen LogP contribution is 2.24. The SMILES string of the molecule is O=C(O)CCc1ccc(-c2ccc(F)cc2)n1CCc1ccccc1. The zero-order valence-electron chi connectivity index (χ0n) is 13.9. The van der Waals surface area contributed by atoms with Crippen molar-refractivity contribution in [3.05, 3.63) is 83.8 Å². The monoisotopic (exact) mass is 337 g/mol. The highest BCUT2D eigenvalue weighted by Gasteiger charge is 2.12. The van der Waals surface area contributed by atoms with E-state index in [-0.39, 0.29) is 12.2 Å². The smallest absolute Gasteiger partial charge is 0.303 e. The van der Waals surface area contributed by atoms with Crippen molar-refractivity contribution >= 4 is 5.97 Å². The first-order valence-corrected chi connectivity index (χ1v) is 8.33. The summed E-state index contributed by atoms with van der Waals surface area (Å²) in [6.07, 6.45) is 1.42. The highest BCUT2D eigenvalue weighted by molar-refractivity contribution is 5.67. The van der Waals surface area contributed by atoms with Crippen molar-refractivity contribution in [1.29, 1.82) is 0 Å². The molecular weight excluding hydrogens is 317 g/mol. The molecule has 1 heterocycles. The van der Waals surface area contributed by atoms with Crippen LogP contribution in [0.5, 0.6) is 0 Å². The summed E-state index contributed by atoms with van der Waals surface area (Å²) in [5, 5.41) is 8.98. The number of hydrogen-bond acceptors (Lipinski definition) is 1. The molecule has 0 radical (unpaired) electrons. The first-order valence-electron chi connectivity index (χ1n) is 8.33. The Labute approximate surface area is 146 Å². The number of nitrogens with zero attached hydrogens (tertiary/aromatic N) is 1. The Morgan fingerprint density at radius 1 is 0.920 bits per heavy atom. The molecule has 0 atom stereocenters. The van der Waals surface area contributed by atoms with Crippen LogP contribution >= 0.6 is 0 Å². The first-order chi connectivity index (χ1) is 12.1. The van der Waals surface area contributed by atoms with Crippen molar-refractivity contribution in [2.75, 3.05) is 0 Å². The van der Waals surface area contributed by atoms with Crippen molar-refractivity contribution in [3.8, 4) is 11.3 Å². The zero-order valence-corrected chi connectivity index (χ0v) is 13.9. The van der Waals surface area contributed by atoms with E-state index in [4.69, 9.17) is 5.11 Å². The summed E-state index contributed by atoms with van der Waals surface area (Å²) in [6, 6.07) is 20.5. The van der Waals surface area contributed by atoms with Gasteiger partial charge in [-0.1, -0.05) is 30.3 Å². The molecule has 0 unspecified atom stereocenters. The standard InChI is InChI=1S/C21H20FNO2/c22-18-8-6-17(7-9-18)20-12-10-19(11-13-21(24)25)23(20)15-14-16-4-2-1-3-5-16/h1-10,12H,11,13-15H2,(H,24,25). The number of carboxylic acid groups (broad SMARTS) is 1. The topological polar surface area (TPSA) is 42.2 Å². The van der Waals surface area contributed by atoms with Gasteiger partial charge in [-0.05, 0) is 60.4 Å². The summed E-state index contributed by atoms with van der Waals surface area (Å²) in [5.74, 6) is -1.07. The van der Waals surface area contributed by atoms with Gasteiger partial charge in [-0.2, -0.15) is 0 Å². The maximum absolute atomic E-state index is 13.2.